The van der Waals surface area contributed by atoms with Gasteiger partial charge in [-0.2, -0.15) is 0 Å². The largest absolute Gasteiger partial charge is 0.409 e. The van der Waals surface area contributed by atoms with Crippen LogP contribution >= 0.6 is 0 Å². The van der Waals surface area contributed by atoms with Gasteiger partial charge in [0.25, 0.3) is 0 Å². The summed E-state index contributed by atoms with van der Waals surface area (Å²) in [5.41, 5.74) is 4.81. The second-order valence-corrected chi connectivity index (χ2v) is 4.06. The molecule has 0 spiro atoms. The fraction of sp³-hybridized carbons (Fsp3) is 0.889. The molecule has 0 aliphatic heterocycles. The smallest absolute Gasteiger partial charge is 0.156 e. The number of hydrogen-bond donors (Lipinski definition) is 4. The average Bonchev–Trinajstić information content (AvgIpc) is 2.61. The molecule has 5 N–H and O–H groups in total. The molecule has 82 valence electrons. The number of rotatable bonds is 4. The molecule has 1 rings (SSSR count). The Bertz CT molecular complexity index is 212. The Morgan fingerprint density at radius 1 is 1.57 bits per heavy atom. The highest BCUT2D eigenvalue weighted by atomic mass is 16.4. The lowest BCUT2D eigenvalue weighted by Gasteiger charge is -2.24. The van der Waals surface area contributed by atoms with Crippen LogP contribution in [0.2, 0.25) is 0 Å². The summed E-state index contributed by atoms with van der Waals surface area (Å²) in [4.78, 5) is 0. The SMILES string of the molecule is CC(NCC1(O)CCCC1)C(N)=NO. The first-order valence-electron chi connectivity index (χ1n) is 5.00. The highest BCUT2D eigenvalue weighted by Gasteiger charge is 2.31. The van der Waals surface area contributed by atoms with Gasteiger partial charge in [0.1, 0.15) is 0 Å². The normalized spacial score (nSPS) is 23.7. The van der Waals surface area contributed by atoms with Crippen LogP contribution in [0, 0.1) is 0 Å². The number of oxime groups is 1. The number of nitrogens with two attached hydrogens (primary N) is 1. The number of nitrogens with zero attached hydrogens (tertiary/aromatic N) is 1. The summed E-state index contributed by atoms with van der Waals surface area (Å²) in [6, 6.07) is -0.204. The van der Waals surface area contributed by atoms with Gasteiger partial charge < -0.3 is 21.4 Å². The first-order chi connectivity index (χ1) is 6.57. The summed E-state index contributed by atoms with van der Waals surface area (Å²) in [7, 11) is 0. The topological polar surface area (TPSA) is 90.9 Å². The number of nitrogens with one attached hydrogen (secondary N) is 1. The molecule has 0 aromatic carbocycles. The summed E-state index contributed by atoms with van der Waals surface area (Å²) < 4.78 is 0. The number of hydrogen-bond acceptors (Lipinski definition) is 4. The molecule has 0 aromatic heterocycles. The van der Waals surface area contributed by atoms with Crippen LogP contribution in [0.5, 0.6) is 0 Å². The van der Waals surface area contributed by atoms with E-state index in [2.05, 4.69) is 10.5 Å². The first kappa shape index (κ1) is 11.3. The van der Waals surface area contributed by atoms with Gasteiger partial charge >= 0.3 is 0 Å². The van der Waals surface area contributed by atoms with Crippen molar-refractivity contribution in [2.75, 3.05) is 6.54 Å². The third-order valence-corrected chi connectivity index (χ3v) is 2.83. The van der Waals surface area contributed by atoms with Crippen molar-refractivity contribution in [2.45, 2.75) is 44.2 Å². The summed E-state index contributed by atoms with van der Waals surface area (Å²) in [6.45, 7) is 2.30. The molecule has 0 saturated heterocycles. The maximum Gasteiger partial charge on any atom is 0.156 e. The van der Waals surface area contributed by atoms with Gasteiger partial charge in [-0.1, -0.05) is 18.0 Å². The Balaban J connectivity index is 2.32. The van der Waals surface area contributed by atoms with Crippen LogP contribution in [0.4, 0.5) is 0 Å². The maximum atomic E-state index is 9.99. The van der Waals surface area contributed by atoms with Gasteiger partial charge in [0, 0.05) is 6.54 Å². The van der Waals surface area contributed by atoms with Crippen molar-refractivity contribution in [1.82, 2.24) is 5.32 Å². The van der Waals surface area contributed by atoms with Crippen LogP contribution in [-0.2, 0) is 0 Å². The van der Waals surface area contributed by atoms with E-state index in [0.717, 1.165) is 25.7 Å². The van der Waals surface area contributed by atoms with Crippen molar-refractivity contribution in [2.24, 2.45) is 10.9 Å². The minimum absolute atomic E-state index is 0.145. The van der Waals surface area contributed by atoms with Gasteiger partial charge in [0.05, 0.1) is 11.6 Å². The fourth-order valence-corrected chi connectivity index (χ4v) is 1.74. The van der Waals surface area contributed by atoms with Gasteiger partial charge in [0.2, 0.25) is 0 Å². The van der Waals surface area contributed by atoms with E-state index in [9.17, 15) is 5.11 Å². The predicted octanol–water partition coefficient (Wildman–Crippen LogP) is 0.0160. The zero-order chi connectivity index (χ0) is 10.6. The monoisotopic (exact) mass is 201 g/mol. The van der Waals surface area contributed by atoms with Gasteiger partial charge in [-0.05, 0) is 19.8 Å². The van der Waals surface area contributed by atoms with Gasteiger partial charge in [0.15, 0.2) is 5.84 Å². The van der Waals surface area contributed by atoms with E-state index in [4.69, 9.17) is 10.9 Å². The van der Waals surface area contributed by atoms with Gasteiger partial charge in [-0.25, -0.2) is 0 Å². The lowest BCUT2D eigenvalue weighted by atomic mass is 10.0. The molecule has 1 saturated carbocycles. The van der Waals surface area contributed by atoms with Crippen molar-refractivity contribution in [3.63, 3.8) is 0 Å². The average molecular weight is 201 g/mol. The summed E-state index contributed by atoms with van der Waals surface area (Å²) in [5.74, 6) is 0.145. The molecule has 0 amide bonds. The quantitative estimate of drug-likeness (QED) is 0.223. The first-order valence-corrected chi connectivity index (χ1v) is 5.00. The molecule has 5 nitrogen and oxygen atoms in total. The fourth-order valence-electron chi connectivity index (χ4n) is 1.74. The molecule has 0 heterocycles. The molecule has 0 radical (unpaired) electrons. The molecular formula is C9H19N3O2. The Hall–Kier alpha value is -0.810. The summed E-state index contributed by atoms with van der Waals surface area (Å²) in [6.07, 6.45) is 3.83. The third kappa shape index (κ3) is 2.85. The second-order valence-electron chi connectivity index (χ2n) is 4.06. The van der Waals surface area contributed by atoms with Crippen LogP contribution in [0.15, 0.2) is 5.16 Å². The second kappa shape index (κ2) is 4.61. The van der Waals surface area contributed by atoms with Crippen molar-refractivity contribution < 1.29 is 10.3 Å². The Labute approximate surface area is 84.0 Å². The van der Waals surface area contributed by atoms with Crippen LogP contribution in [0.25, 0.3) is 0 Å². The lowest BCUT2D eigenvalue weighted by molar-refractivity contribution is 0.0470. The van der Waals surface area contributed by atoms with E-state index in [1.165, 1.54) is 0 Å². The van der Waals surface area contributed by atoms with Crippen molar-refractivity contribution in [1.29, 1.82) is 0 Å². The molecule has 1 fully saturated rings. The number of aliphatic hydroxyl groups is 1. The molecule has 14 heavy (non-hydrogen) atoms. The van der Waals surface area contributed by atoms with Crippen molar-refractivity contribution in [3.8, 4) is 0 Å². The van der Waals surface area contributed by atoms with E-state index < -0.39 is 5.60 Å². The number of amidine groups is 1. The third-order valence-electron chi connectivity index (χ3n) is 2.83. The zero-order valence-corrected chi connectivity index (χ0v) is 8.53. The van der Waals surface area contributed by atoms with Crippen molar-refractivity contribution >= 4 is 5.84 Å². The van der Waals surface area contributed by atoms with E-state index in [1.807, 2.05) is 0 Å². The lowest BCUT2D eigenvalue weighted by Crippen LogP contribution is -2.46. The van der Waals surface area contributed by atoms with Crippen LogP contribution in [0.1, 0.15) is 32.6 Å². The summed E-state index contributed by atoms with van der Waals surface area (Å²) in [5, 5.41) is 24.4. The van der Waals surface area contributed by atoms with Crippen LogP contribution in [-0.4, -0.2) is 34.3 Å². The Morgan fingerprint density at radius 2 is 2.14 bits per heavy atom. The van der Waals surface area contributed by atoms with Gasteiger partial charge in [-0.3, -0.25) is 0 Å². The molecule has 1 unspecified atom stereocenters. The molecule has 0 aromatic rings. The molecular weight excluding hydrogens is 182 g/mol. The van der Waals surface area contributed by atoms with Crippen LogP contribution < -0.4 is 11.1 Å². The van der Waals surface area contributed by atoms with E-state index >= 15 is 0 Å². The molecule has 1 atom stereocenters. The molecule has 0 bridgehead atoms. The minimum atomic E-state index is -0.593. The Kier molecular flexibility index (Phi) is 3.71. The standard InChI is InChI=1S/C9H19N3O2/c1-7(8(10)12-14)11-6-9(13)4-2-3-5-9/h7,11,13-14H,2-6H2,1H3,(H2,10,12). The summed E-state index contributed by atoms with van der Waals surface area (Å²) >= 11 is 0. The van der Waals surface area contributed by atoms with E-state index in [-0.39, 0.29) is 11.9 Å². The maximum absolute atomic E-state index is 9.99. The Morgan fingerprint density at radius 3 is 2.64 bits per heavy atom. The van der Waals surface area contributed by atoms with Crippen LogP contribution in [0.3, 0.4) is 0 Å². The molecule has 5 heteroatoms. The van der Waals surface area contributed by atoms with E-state index in [0.29, 0.717) is 6.54 Å². The van der Waals surface area contributed by atoms with Crippen molar-refractivity contribution in [3.05, 3.63) is 0 Å². The molecule has 1 aliphatic rings. The minimum Gasteiger partial charge on any atom is -0.409 e. The highest BCUT2D eigenvalue weighted by Crippen LogP contribution is 2.28. The van der Waals surface area contributed by atoms with Gasteiger partial charge in [-0.15, -0.1) is 0 Å². The highest BCUT2D eigenvalue weighted by molar-refractivity contribution is 5.84. The predicted molar refractivity (Wildman–Crippen MR) is 54.3 cm³/mol. The molecule has 1 aliphatic carbocycles. The zero-order valence-electron chi connectivity index (χ0n) is 8.53. The van der Waals surface area contributed by atoms with E-state index in [1.54, 1.807) is 6.92 Å².